The Morgan fingerprint density at radius 2 is 2.00 bits per heavy atom. The van der Waals surface area contributed by atoms with Crippen molar-refractivity contribution in [3.05, 3.63) is 74.7 Å². The second-order valence-electron chi connectivity index (χ2n) is 6.18. The fourth-order valence-electron chi connectivity index (χ4n) is 3.88. The van der Waals surface area contributed by atoms with Gasteiger partial charge in [0.25, 0.3) is 0 Å². The van der Waals surface area contributed by atoms with Crippen LogP contribution in [-0.4, -0.2) is 0 Å². The van der Waals surface area contributed by atoms with Crippen molar-refractivity contribution in [2.75, 3.05) is 5.32 Å². The number of benzene rings is 2. The molecule has 0 spiro atoms. The maximum Gasteiger partial charge on any atom is 0.0565 e. The Kier molecular flexibility index (Phi) is 3.54. The van der Waals surface area contributed by atoms with E-state index in [1.165, 1.54) is 26.9 Å². The van der Waals surface area contributed by atoms with Gasteiger partial charge in [-0.2, -0.15) is 0 Å². The SMILES string of the molecule is Cc1cc(Cl)cc2c1N[C@H](c1ccccc1Br)[C@@H]1CC=C[C@@H]21. The Labute approximate surface area is 144 Å². The molecule has 1 N–H and O–H groups in total. The molecule has 0 radical (unpaired) electrons. The van der Waals surface area contributed by atoms with Gasteiger partial charge in [-0.25, -0.2) is 0 Å². The minimum Gasteiger partial charge on any atom is -0.377 e. The van der Waals surface area contributed by atoms with Crippen LogP contribution in [0.4, 0.5) is 5.69 Å². The monoisotopic (exact) mass is 373 g/mol. The first-order valence-electron chi connectivity index (χ1n) is 7.63. The third-order valence-electron chi connectivity index (χ3n) is 4.87. The van der Waals surface area contributed by atoms with Crippen LogP contribution in [0.1, 0.15) is 35.1 Å². The van der Waals surface area contributed by atoms with Crippen LogP contribution in [-0.2, 0) is 0 Å². The van der Waals surface area contributed by atoms with Gasteiger partial charge in [-0.05, 0) is 54.2 Å². The molecule has 3 atom stereocenters. The average Bonchev–Trinajstić information content (AvgIpc) is 2.97. The first kappa shape index (κ1) is 14.3. The molecule has 0 unspecified atom stereocenters. The van der Waals surface area contributed by atoms with Gasteiger partial charge >= 0.3 is 0 Å². The van der Waals surface area contributed by atoms with Crippen molar-refractivity contribution in [3.63, 3.8) is 0 Å². The molecule has 0 saturated heterocycles. The van der Waals surface area contributed by atoms with Gasteiger partial charge in [-0.3, -0.25) is 0 Å². The lowest BCUT2D eigenvalue weighted by atomic mass is 9.76. The zero-order chi connectivity index (χ0) is 15.3. The molecule has 2 aliphatic rings. The molecule has 0 saturated carbocycles. The molecule has 0 bridgehead atoms. The number of nitrogens with one attached hydrogen (secondary N) is 1. The highest BCUT2D eigenvalue weighted by molar-refractivity contribution is 9.10. The highest BCUT2D eigenvalue weighted by Crippen LogP contribution is 2.52. The zero-order valence-electron chi connectivity index (χ0n) is 12.3. The molecule has 0 fully saturated rings. The van der Waals surface area contributed by atoms with Crippen molar-refractivity contribution in [1.29, 1.82) is 0 Å². The van der Waals surface area contributed by atoms with E-state index >= 15 is 0 Å². The second-order valence-corrected chi connectivity index (χ2v) is 7.47. The minimum absolute atomic E-state index is 0.322. The lowest BCUT2D eigenvalue weighted by Gasteiger charge is -2.38. The van der Waals surface area contributed by atoms with E-state index in [9.17, 15) is 0 Å². The molecule has 0 aromatic heterocycles. The molecule has 4 rings (SSSR count). The summed E-state index contributed by atoms with van der Waals surface area (Å²) in [6, 6.07) is 13.0. The predicted octanol–water partition coefficient (Wildman–Crippen LogP) is 6.24. The topological polar surface area (TPSA) is 12.0 Å². The predicted molar refractivity (Wildman–Crippen MR) is 96.7 cm³/mol. The van der Waals surface area contributed by atoms with Gasteiger partial charge in [0.2, 0.25) is 0 Å². The van der Waals surface area contributed by atoms with Crippen LogP contribution >= 0.6 is 27.5 Å². The fourth-order valence-corrected chi connectivity index (χ4v) is 4.69. The van der Waals surface area contributed by atoms with Crippen molar-refractivity contribution < 1.29 is 0 Å². The molecule has 1 heterocycles. The van der Waals surface area contributed by atoms with E-state index in [0.29, 0.717) is 17.9 Å². The Morgan fingerprint density at radius 3 is 2.82 bits per heavy atom. The molecule has 112 valence electrons. The van der Waals surface area contributed by atoms with Gasteiger partial charge in [0.15, 0.2) is 0 Å². The molecule has 0 amide bonds. The third-order valence-corrected chi connectivity index (χ3v) is 5.81. The third kappa shape index (κ3) is 2.21. The van der Waals surface area contributed by atoms with Gasteiger partial charge in [-0.15, -0.1) is 0 Å². The lowest BCUT2D eigenvalue weighted by Crippen LogP contribution is -2.29. The molecule has 2 aromatic carbocycles. The minimum atomic E-state index is 0.322. The van der Waals surface area contributed by atoms with Crippen LogP contribution in [0.15, 0.2) is 53.0 Å². The van der Waals surface area contributed by atoms with E-state index in [4.69, 9.17) is 11.6 Å². The lowest BCUT2D eigenvalue weighted by molar-refractivity contribution is 0.424. The first-order valence-corrected chi connectivity index (χ1v) is 8.80. The molecule has 1 aliphatic heterocycles. The average molecular weight is 375 g/mol. The van der Waals surface area contributed by atoms with Gasteiger partial charge in [0, 0.05) is 21.1 Å². The van der Waals surface area contributed by atoms with Gasteiger partial charge < -0.3 is 5.32 Å². The van der Waals surface area contributed by atoms with Gasteiger partial charge in [0.1, 0.15) is 0 Å². The van der Waals surface area contributed by atoms with Crippen molar-refractivity contribution in [2.24, 2.45) is 5.92 Å². The molecule has 2 aromatic rings. The van der Waals surface area contributed by atoms with Crippen LogP contribution in [0.25, 0.3) is 0 Å². The highest BCUT2D eigenvalue weighted by Gasteiger charge is 2.39. The maximum absolute atomic E-state index is 6.29. The summed E-state index contributed by atoms with van der Waals surface area (Å²) in [6.07, 6.45) is 5.77. The smallest absolute Gasteiger partial charge is 0.0565 e. The van der Waals surface area contributed by atoms with Crippen molar-refractivity contribution in [2.45, 2.75) is 25.3 Å². The van der Waals surface area contributed by atoms with E-state index in [0.717, 1.165) is 11.4 Å². The molecular formula is C19H17BrClN. The Morgan fingerprint density at radius 1 is 1.18 bits per heavy atom. The normalized spacial score (nSPS) is 25.5. The molecule has 3 heteroatoms. The Balaban J connectivity index is 1.86. The second kappa shape index (κ2) is 5.43. The number of hydrogen-bond donors (Lipinski definition) is 1. The van der Waals surface area contributed by atoms with E-state index in [1.54, 1.807) is 0 Å². The summed E-state index contributed by atoms with van der Waals surface area (Å²) in [5.74, 6) is 0.995. The number of anilines is 1. The molecule has 1 aliphatic carbocycles. The van der Waals surface area contributed by atoms with Crippen molar-refractivity contribution in [1.82, 2.24) is 0 Å². The Bertz CT molecular complexity index is 768. The van der Waals surface area contributed by atoms with Crippen LogP contribution in [0.2, 0.25) is 5.02 Å². The largest absolute Gasteiger partial charge is 0.377 e. The quantitative estimate of drug-likeness (QED) is 0.583. The number of rotatable bonds is 1. The van der Waals surface area contributed by atoms with Crippen molar-refractivity contribution in [3.8, 4) is 0 Å². The summed E-state index contributed by atoms with van der Waals surface area (Å²) in [5.41, 5.74) is 5.14. The van der Waals surface area contributed by atoms with Crippen LogP contribution in [0.5, 0.6) is 0 Å². The van der Waals surface area contributed by atoms with Crippen molar-refractivity contribution >= 4 is 33.2 Å². The summed E-state index contributed by atoms with van der Waals surface area (Å²) in [6.45, 7) is 2.13. The number of hydrogen-bond acceptors (Lipinski definition) is 1. The summed E-state index contributed by atoms with van der Waals surface area (Å²) in [4.78, 5) is 0. The van der Waals surface area contributed by atoms with Gasteiger partial charge in [0.05, 0.1) is 6.04 Å². The number of allylic oxidation sites excluding steroid dienone is 2. The number of aryl methyl sites for hydroxylation is 1. The zero-order valence-corrected chi connectivity index (χ0v) is 14.7. The van der Waals surface area contributed by atoms with Crippen LogP contribution in [0, 0.1) is 12.8 Å². The number of halogens is 2. The molecule has 1 nitrogen and oxygen atoms in total. The molecule has 22 heavy (non-hydrogen) atoms. The van der Waals surface area contributed by atoms with Crippen LogP contribution < -0.4 is 5.32 Å². The first-order chi connectivity index (χ1) is 10.6. The van der Waals surface area contributed by atoms with E-state index in [2.05, 4.69) is 70.7 Å². The fraction of sp³-hybridized carbons (Fsp3) is 0.263. The maximum atomic E-state index is 6.29. The standard InChI is InChI=1S/C19H17BrClN/c1-11-9-12(21)10-16-13-6-4-7-14(13)19(22-18(11)16)15-5-2-3-8-17(15)20/h2-6,8-10,13-14,19,22H,7H2,1H3/t13-,14-,19+/m1/s1. The summed E-state index contributed by atoms with van der Waals surface area (Å²) in [5, 5.41) is 4.62. The van der Waals surface area contributed by atoms with E-state index in [1.807, 2.05) is 6.07 Å². The summed E-state index contributed by atoms with van der Waals surface area (Å²) in [7, 11) is 0. The summed E-state index contributed by atoms with van der Waals surface area (Å²) < 4.78 is 1.17. The number of fused-ring (bicyclic) bond motifs is 3. The van der Waals surface area contributed by atoms with E-state index in [-0.39, 0.29) is 0 Å². The Hall–Kier alpha value is -1.25. The van der Waals surface area contributed by atoms with E-state index < -0.39 is 0 Å². The summed E-state index contributed by atoms with van der Waals surface area (Å²) >= 11 is 10.0. The highest BCUT2D eigenvalue weighted by atomic mass is 79.9. The van der Waals surface area contributed by atoms with Crippen LogP contribution in [0.3, 0.4) is 0 Å². The van der Waals surface area contributed by atoms with Gasteiger partial charge in [-0.1, -0.05) is 57.9 Å². The molecular weight excluding hydrogens is 358 g/mol.